The number of aromatic carboxylic acids is 1. The predicted molar refractivity (Wildman–Crippen MR) is 107 cm³/mol. The number of aryl methyl sites for hydroxylation is 1. The summed E-state index contributed by atoms with van der Waals surface area (Å²) in [5.41, 5.74) is 2.82. The number of pyridine rings is 1. The third-order valence-corrected chi connectivity index (χ3v) is 4.45. The number of carboxylic acid groups (broad SMARTS) is 1. The Morgan fingerprint density at radius 3 is 2.78 bits per heavy atom. The fourth-order valence-electron chi connectivity index (χ4n) is 3.05. The number of hydrogen-bond acceptors (Lipinski definition) is 4. The lowest BCUT2D eigenvalue weighted by Crippen LogP contribution is -2.08. The van der Waals surface area contributed by atoms with Gasteiger partial charge in [0.2, 0.25) is 0 Å². The number of aromatic nitrogens is 1. The molecule has 0 unspecified atom stereocenters. The van der Waals surface area contributed by atoms with E-state index in [1.54, 1.807) is 13.0 Å². The first-order chi connectivity index (χ1) is 13.1. The average Bonchev–Trinajstić information content (AvgIpc) is 2.67. The van der Waals surface area contributed by atoms with Crippen LogP contribution in [0.5, 0.6) is 0 Å². The molecule has 0 amide bonds. The molecule has 5 heteroatoms. The maximum atomic E-state index is 11.4. The molecule has 2 aromatic carbocycles. The summed E-state index contributed by atoms with van der Waals surface area (Å²) in [5, 5.41) is 13.8. The van der Waals surface area contributed by atoms with Crippen molar-refractivity contribution in [3.63, 3.8) is 0 Å². The number of carboxylic acids is 1. The van der Waals surface area contributed by atoms with Crippen LogP contribution in [0.1, 0.15) is 34.3 Å². The molecule has 27 heavy (non-hydrogen) atoms. The van der Waals surface area contributed by atoms with Crippen molar-refractivity contribution in [3.05, 3.63) is 71.3 Å². The van der Waals surface area contributed by atoms with Crippen LogP contribution in [0.25, 0.3) is 10.9 Å². The van der Waals surface area contributed by atoms with Gasteiger partial charge in [0.25, 0.3) is 0 Å². The Labute approximate surface area is 159 Å². The van der Waals surface area contributed by atoms with Gasteiger partial charge < -0.3 is 15.2 Å². The third-order valence-electron chi connectivity index (χ3n) is 4.45. The summed E-state index contributed by atoms with van der Waals surface area (Å²) in [7, 11) is 0. The van der Waals surface area contributed by atoms with Crippen molar-refractivity contribution in [1.29, 1.82) is 0 Å². The number of ether oxygens (including phenoxy) is 1. The number of para-hydroxylation sites is 1. The number of hydrogen-bond donors (Lipinski definition) is 2. The van der Waals surface area contributed by atoms with Crippen LogP contribution in [-0.2, 0) is 11.3 Å². The molecular weight excluding hydrogens is 340 g/mol. The second kappa shape index (κ2) is 9.14. The molecule has 140 valence electrons. The topological polar surface area (TPSA) is 71.5 Å². The van der Waals surface area contributed by atoms with Gasteiger partial charge in [0.1, 0.15) is 5.82 Å². The van der Waals surface area contributed by atoms with E-state index >= 15 is 0 Å². The molecule has 0 atom stereocenters. The van der Waals surface area contributed by atoms with Gasteiger partial charge in [0, 0.05) is 18.5 Å². The molecule has 0 saturated carbocycles. The molecule has 0 aliphatic rings. The van der Waals surface area contributed by atoms with E-state index in [0.717, 1.165) is 47.2 Å². The molecule has 2 N–H and O–H groups in total. The van der Waals surface area contributed by atoms with Gasteiger partial charge in [-0.2, -0.15) is 0 Å². The number of anilines is 1. The lowest BCUT2D eigenvalue weighted by Gasteiger charge is -2.10. The predicted octanol–water partition coefficient (Wildman–Crippen LogP) is 4.65. The summed E-state index contributed by atoms with van der Waals surface area (Å²) in [6.45, 7) is 3.54. The van der Waals surface area contributed by atoms with Gasteiger partial charge in [-0.15, -0.1) is 0 Å². The van der Waals surface area contributed by atoms with E-state index in [1.807, 2.05) is 42.5 Å². The highest BCUT2D eigenvalue weighted by atomic mass is 16.5. The van der Waals surface area contributed by atoms with E-state index < -0.39 is 5.97 Å². The Morgan fingerprint density at radius 1 is 1.07 bits per heavy atom. The minimum Gasteiger partial charge on any atom is -0.478 e. The summed E-state index contributed by atoms with van der Waals surface area (Å²) < 4.78 is 5.67. The van der Waals surface area contributed by atoms with Gasteiger partial charge in [0.15, 0.2) is 0 Å². The zero-order valence-corrected chi connectivity index (χ0v) is 15.4. The van der Waals surface area contributed by atoms with Crippen molar-refractivity contribution in [1.82, 2.24) is 4.98 Å². The molecule has 1 aromatic heterocycles. The number of carbonyl (C=O) groups is 1. The Morgan fingerprint density at radius 2 is 1.93 bits per heavy atom. The number of rotatable bonds is 9. The molecule has 0 saturated heterocycles. The van der Waals surface area contributed by atoms with Crippen molar-refractivity contribution in [2.75, 3.05) is 18.5 Å². The van der Waals surface area contributed by atoms with E-state index in [2.05, 4.69) is 16.4 Å². The molecule has 1 heterocycles. The van der Waals surface area contributed by atoms with Crippen LogP contribution in [0.3, 0.4) is 0 Å². The van der Waals surface area contributed by atoms with Crippen molar-refractivity contribution in [2.24, 2.45) is 0 Å². The average molecular weight is 364 g/mol. The van der Waals surface area contributed by atoms with Crippen molar-refractivity contribution >= 4 is 22.7 Å². The Kier molecular flexibility index (Phi) is 6.39. The van der Waals surface area contributed by atoms with E-state index in [0.29, 0.717) is 18.8 Å². The quantitative estimate of drug-likeness (QED) is 0.541. The molecular formula is C22H24N2O3. The summed E-state index contributed by atoms with van der Waals surface area (Å²) in [6, 6.07) is 17.6. The van der Waals surface area contributed by atoms with Crippen LogP contribution in [0.4, 0.5) is 5.82 Å². The maximum absolute atomic E-state index is 11.4. The van der Waals surface area contributed by atoms with Crippen molar-refractivity contribution in [2.45, 2.75) is 26.4 Å². The van der Waals surface area contributed by atoms with Crippen LogP contribution < -0.4 is 5.32 Å². The van der Waals surface area contributed by atoms with Gasteiger partial charge in [-0.05, 0) is 49.1 Å². The number of nitrogens with one attached hydrogen (secondary N) is 1. The van der Waals surface area contributed by atoms with E-state index in [-0.39, 0.29) is 0 Å². The van der Waals surface area contributed by atoms with Crippen LogP contribution >= 0.6 is 0 Å². The number of fused-ring (bicyclic) bond motifs is 1. The highest BCUT2D eigenvalue weighted by Gasteiger charge is 2.12. The standard InChI is InChI=1S/C22H24N2O3/c1-16-7-6-9-18(21(16)22(25)26)15-27-14-5-4-13-23-20-12-11-17-8-2-3-10-19(17)24-20/h2-3,6-12H,4-5,13-15H2,1H3,(H,23,24)(H,25,26). The van der Waals surface area contributed by atoms with Crippen LogP contribution in [0.15, 0.2) is 54.6 Å². The zero-order valence-electron chi connectivity index (χ0n) is 15.4. The molecule has 5 nitrogen and oxygen atoms in total. The van der Waals surface area contributed by atoms with Crippen LogP contribution in [0, 0.1) is 6.92 Å². The zero-order chi connectivity index (χ0) is 19.1. The van der Waals surface area contributed by atoms with Crippen molar-refractivity contribution in [3.8, 4) is 0 Å². The van der Waals surface area contributed by atoms with Crippen molar-refractivity contribution < 1.29 is 14.6 Å². The first-order valence-corrected chi connectivity index (χ1v) is 9.14. The summed E-state index contributed by atoms with van der Waals surface area (Å²) in [4.78, 5) is 15.9. The van der Waals surface area contributed by atoms with E-state index in [4.69, 9.17) is 4.74 Å². The molecule has 0 spiro atoms. The fraction of sp³-hybridized carbons (Fsp3) is 0.273. The lowest BCUT2D eigenvalue weighted by atomic mass is 10.0. The minimum atomic E-state index is -0.904. The van der Waals surface area contributed by atoms with Gasteiger partial charge >= 0.3 is 5.97 Å². The first-order valence-electron chi connectivity index (χ1n) is 9.14. The van der Waals surface area contributed by atoms with Gasteiger partial charge in [0.05, 0.1) is 17.7 Å². The number of unbranched alkanes of at least 4 members (excludes halogenated alkanes) is 1. The highest BCUT2D eigenvalue weighted by molar-refractivity contribution is 5.91. The Balaban J connectivity index is 1.38. The summed E-state index contributed by atoms with van der Waals surface area (Å²) in [6.07, 6.45) is 1.85. The van der Waals surface area contributed by atoms with E-state index in [9.17, 15) is 9.90 Å². The largest absolute Gasteiger partial charge is 0.478 e. The Hall–Kier alpha value is -2.92. The molecule has 0 fully saturated rings. The second-order valence-corrected chi connectivity index (χ2v) is 6.49. The minimum absolute atomic E-state index is 0.322. The smallest absolute Gasteiger partial charge is 0.336 e. The summed E-state index contributed by atoms with van der Waals surface area (Å²) in [5.74, 6) is -0.0285. The molecule has 3 rings (SSSR count). The maximum Gasteiger partial charge on any atom is 0.336 e. The van der Waals surface area contributed by atoms with Gasteiger partial charge in [-0.3, -0.25) is 0 Å². The first kappa shape index (κ1) is 18.9. The molecule has 0 aliphatic carbocycles. The second-order valence-electron chi connectivity index (χ2n) is 6.49. The van der Waals surface area contributed by atoms with Gasteiger partial charge in [-0.1, -0.05) is 36.4 Å². The van der Waals surface area contributed by atoms with Gasteiger partial charge in [-0.25, -0.2) is 9.78 Å². The molecule has 3 aromatic rings. The fourth-order valence-corrected chi connectivity index (χ4v) is 3.05. The SMILES string of the molecule is Cc1cccc(COCCCCNc2ccc3ccccc3n2)c1C(=O)O. The lowest BCUT2D eigenvalue weighted by molar-refractivity contribution is 0.0686. The van der Waals surface area contributed by atoms with Crippen LogP contribution in [0.2, 0.25) is 0 Å². The number of benzene rings is 2. The van der Waals surface area contributed by atoms with Crippen LogP contribution in [-0.4, -0.2) is 29.2 Å². The normalized spacial score (nSPS) is 10.9. The monoisotopic (exact) mass is 364 g/mol. The molecule has 0 bridgehead atoms. The third kappa shape index (κ3) is 5.05. The number of nitrogens with zero attached hydrogens (tertiary/aromatic N) is 1. The highest BCUT2D eigenvalue weighted by Crippen LogP contribution is 2.16. The molecule has 0 aliphatic heterocycles. The summed E-state index contributed by atoms with van der Waals surface area (Å²) >= 11 is 0. The molecule has 0 radical (unpaired) electrons. The van der Waals surface area contributed by atoms with E-state index in [1.165, 1.54) is 0 Å². The Bertz CT molecular complexity index is 924.